The molecule has 1 aliphatic rings. The molecule has 8 heteroatoms. The van der Waals surface area contributed by atoms with Gasteiger partial charge in [-0.2, -0.15) is 0 Å². The van der Waals surface area contributed by atoms with Gasteiger partial charge in [0.2, 0.25) is 15.8 Å². The molecule has 0 spiro atoms. The Morgan fingerprint density at radius 2 is 2.17 bits per heavy atom. The monoisotopic (exact) mass is 345 g/mol. The van der Waals surface area contributed by atoms with Crippen molar-refractivity contribution in [1.29, 1.82) is 0 Å². The van der Waals surface area contributed by atoms with Gasteiger partial charge in [0.1, 0.15) is 0 Å². The second kappa shape index (κ2) is 7.94. The highest BCUT2D eigenvalue weighted by atomic mass is 32.2. The fourth-order valence-corrected chi connectivity index (χ4v) is 4.03. The number of carbonyl (C=O) groups is 1. The summed E-state index contributed by atoms with van der Waals surface area (Å²) in [7, 11) is -3.51. The van der Waals surface area contributed by atoms with Crippen LogP contribution in [0.5, 0.6) is 0 Å². The van der Waals surface area contributed by atoms with Gasteiger partial charge in [-0.3, -0.25) is 0 Å². The second-order valence-corrected chi connectivity index (χ2v) is 7.88. The van der Waals surface area contributed by atoms with Crippen LogP contribution in [0.25, 0.3) is 0 Å². The van der Waals surface area contributed by atoms with Crippen LogP contribution in [0.2, 0.25) is 0 Å². The van der Waals surface area contributed by atoms with Gasteiger partial charge in [-0.25, -0.2) is 17.9 Å². The Hall–Kier alpha value is -1.38. The number of ether oxygens (including phenoxy) is 1. The quantitative estimate of drug-likeness (QED) is 0.709. The first kappa shape index (κ1) is 18.0. The van der Waals surface area contributed by atoms with Crippen molar-refractivity contribution in [3.63, 3.8) is 0 Å². The molecule has 0 radical (unpaired) electrons. The predicted molar refractivity (Wildman–Crippen MR) is 83.7 cm³/mol. The number of hydrogen-bond acceptors (Lipinski definition) is 5. The molecule has 7 nitrogen and oxygen atoms in total. The molecule has 1 aliphatic carbocycles. The number of carboxylic acid groups (broad SMARTS) is 1. The maximum Gasteiger partial charge on any atom is 0.372 e. The standard InChI is InChI=1S/C15H23NO6S/c1-11(9-22-13-4-2-3-5-13)10-23(19,20)16-8-12-6-7-21-14(12)15(17)18/h6-7,11,13,16H,2-5,8-10H2,1H3,(H,17,18). The lowest BCUT2D eigenvalue weighted by Crippen LogP contribution is -2.31. The topological polar surface area (TPSA) is 106 Å². The lowest BCUT2D eigenvalue weighted by molar-refractivity contribution is 0.0412. The Kier molecular flexibility index (Phi) is 6.20. The number of rotatable bonds is 9. The lowest BCUT2D eigenvalue weighted by Gasteiger charge is -2.16. The highest BCUT2D eigenvalue weighted by Crippen LogP contribution is 2.21. The molecule has 2 N–H and O–H groups in total. The Labute approximate surface area is 136 Å². The maximum atomic E-state index is 12.1. The van der Waals surface area contributed by atoms with Gasteiger partial charge < -0.3 is 14.3 Å². The average molecular weight is 345 g/mol. The van der Waals surface area contributed by atoms with E-state index in [-0.39, 0.29) is 30.1 Å². The summed E-state index contributed by atoms with van der Waals surface area (Å²) in [5.74, 6) is -1.65. The van der Waals surface area contributed by atoms with Crippen LogP contribution in [0.4, 0.5) is 0 Å². The minimum Gasteiger partial charge on any atom is -0.475 e. The largest absolute Gasteiger partial charge is 0.475 e. The van der Waals surface area contributed by atoms with E-state index in [1.807, 2.05) is 6.92 Å². The Morgan fingerprint density at radius 1 is 1.48 bits per heavy atom. The van der Waals surface area contributed by atoms with Gasteiger partial charge in [0.05, 0.1) is 24.7 Å². The van der Waals surface area contributed by atoms with Crippen LogP contribution < -0.4 is 4.72 Å². The highest BCUT2D eigenvalue weighted by molar-refractivity contribution is 7.89. The Balaban J connectivity index is 1.79. The van der Waals surface area contributed by atoms with Crippen molar-refractivity contribution in [2.45, 2.75) is 45.3 Å². The Bertz CT molecular complexity index is 618. The van der Waals surface area contributed by atoms with E-state index in [1.165, 1.54) is 25.2 Å². The van der Waals surface area contributed by atoms with Gasteiger partial charge in [0.25, 0.3) is 0 Å². The van der Waals surface area contributed by atoms with Crippen LogP contribution in [0, 0.1) is 5.92 Å². The molecule has 1 atom stereocenters. The van der Waals surface area contributed by atoms with E-state index in [2.05, 4.69) is 4.72 Å². The molecular formula is C15H23NO6S. The van der Waals surface area contributed by atoms with E-state index < -0.39 is 16.0 Å². The number of nitrogens with one attached hydrogen (secondary N) is 1. The van der Waals surface area contributed by atoms with Crippen molar-refractivity contribution < 1.29 is 27.5 Å². The normalized spacial score (nSPS) is 17.4. The number of carboxylic acids is 1. The van der Waals surface area contributed by atoms with Crippen molar-refractivity contribution in [3.05, 3.63) is 23.7 Å². The molecule has 1 unspecified atom stereocenters. The molecule has 1 heterocycles. The van der Waals surface area contributed by atoms with E-state index in [0.29, 0.717) is 12.2 Å². The summed E-state index contributed by atoms with van der Waals surface area (Å²) < 4.78 is 37.1. The van der Waals surface area contributed by atoms with Crippen LogP contribution in [-0.4, -0.2) is 38.0 Å². The van der Waals surface area contributed by atoms with Crippen molar-refractivity contribution in [3.8, 4) is 0 Å². The van der Waals surface area contributed by atoms with Gasteiger partial charge >= 0.3 is 5.97 Å². The number of hydrogen-bond donors (Lipinski definition) is 2. The number of furan rings is 1. The second-order valence-electron chi connectivity index (χ2n) is 6.03. The minimum atomic E-state index is -3.51. The van der Waals surface area contributed by atoms with Crippen molar-refractivity contribution >= 4 is 16.0 Å². The molecule has 0 aliphatic heterocycles. The molecule has 0 saturated heterocycles. The molecule has 23 heavy (non-hydrogen) atoms. The number of aromatic carboxylic acids is 1. The zero-order chi connectivity index (χ0) is 16.9. The molecular weight excluding hydrogens is 322 g/mol. The molecule has 1 saturated carbocycles. The van der Waals surface area contributed by atoms with Crippen LogP contribution >= 0.6 is 0 Å². The molecule has 2 rings (SSSR count). The zero-order valence-corrected chi connectivity index (χ0v) is 14.0. The predicted octanol–water partition coefficient (Wildman–Crippen LogP) is 1.99. The highest BCUT2D eigenvalue weighted by Gasteiger charge is 2.21. The summed E-state index contributed by atoms with van der Waals surface area (Å²) >= 11 is 0. The molecule has 0 aromatic carbocycles. The van der Waals surface area contributed by atoms with Gasteiger partial charge in [-0.1, -0.05) is 19.8 Å². The van der Waals surface area contributed by atoms with E-state index in [0.717, 1.165) is 12.8 Å². The summed E-state index contributed by atoms with van der Waals surface area (Å²) in [6.45, 7) is 2.14. The first-order valence-electron chi connectivity index (χ1n) is 7.76. The third kappa shape index (κ3) is 5.63. The van der Waals surface area contributed by atoms with Crippen molar-refractivity contribution in [2.24, 2.45) is 5.92 Å². The SMILES string of the molecule is CC(COC1CCCC1)CS(=O)(=O)NCc1ccoc1C(=O)O. The van der Waals surface area contributed by atoms with Gasteiger partial charge in [0.15, 0.2) is 0 Å². The summed E-state index contributed by atoms with van der Waals surface area (Å²) in [6.07, 6.45) is 5.94. The Morgan fingerprint density at radius 3 is 2.83 bits per heavy atom. The summed E-state index contributed by atoms with van der Waals surface area (Å²) in [6, 6.07) is 1.44. The summed E-state index contributed by atoms with van der Waals surface area (Å²) in [4.78, 5) is 10.9. The van der Waals surface area contributed by atoms with Gasteiger partial charge in [-0.15, -0.1) is 0 Å². The molecule has 130 valence electrons. The van der Waals surface area contributed by atoms with Crippen molar-refractivity contribution in [1.82, 2.24) is 4.72 Å². The summed E-state index contributed by atoms with van der Waals surface area (Å²) in [5, 5.41) is 8.92. The fraction of sp³-hybridized carbons (Fsp3) is 0.667. The summed E-state index contributed by atoms with van der Waals surface area (Å²) in [5.41, 5.74) is 0.302. The average Bonchev–Trinajstić information content (AvgIpc) is 3.14. The number of sulfonamides is 1. The van der Waals surface area contributed by atoms with Crippen LogP contribution in [-0.2, 0) is 21.3 Å². The molecule has 0 amide bonds. The van der Waals surface area contributed by atoms with E-state index in [9.17, 15) is 13.2 Å². The van der Waals surface area contributed by atoms with E-state index >= 15 is 0 Å². The maximum absolute atomic E-state index is 12.1. The first-order valence-corrected chi connectivity index (χ1v) is 9.41. The van der Waals surface area contributed by atoms with E-state index in [1.54, 1.807) is 0 Å². The van der Waals surface area contributed by atoms with Gasteiger partial charge in [-0.05, 0) is 24.8 Å². The smallest absolute Gasteiger partial charge is 0.372 e. The molecule has 1 aromatic heterocycles. The first-order chi connectivity index (χ1) is 10.9. The minimum absolute atomic E-state index is 0.0556. The van der Waals surface area contributed by atoms with Crippen LogP contribution in [0.15, 0.2) is 16.7 Å². The lowest BCUT2D eigenvalue weighted by atomic mass is 10.2. The van der Waals surface area contributed by atoms with Crippen molar-refractivity contribution in [2.75, 3.05) is 12.4 Å². The van der Waals surface area contributed by atoms with E-state index in [4.69, 9.17) is 14.3 Å². The third-order valence-corrected chi connectivity index (χ3v) is 5.44. The van der Waals surface area contributed by atoms with Gasteiger partial charge in [0, 0.05) is 12.1 Å². The zero-order valence-electron chi connectivity index (χ0n) is 13.2. The van der Waals surface area contributed by atoms with Crippen LogP contribution in [0.1, 0.15) is 48.7 Å². The van der Waals surface area contributed by atoms with Crippen LogP contribution in [0.3, 0.4) is 0 Å². The molecule has 1 aromatic rings. The molecule has 1 fully saturated rings. The third-order valence-electron chi connectivity index (χ3n) is 3.85. The molecule has 0 bridgehead atoms. The fourth-order valence-electron chi connectivity index (χ4n) is 2.69.